The molecule has 5 nitrogen and oxygen atoms in total. The molecule has 2 rings (SSSR count). The summed E-state index contributed by atoms with van der Waals surface area (Å²) < 4.78 is 0. The zero-order chi connectivity index (χ0) is 19.6. The van der Waals surface area contributed by atoms with Gasteiger partial charge in [-0.2, -0.15) is 0 Å². The van der Waals surface area contributed by atoms with Crippen molar-refractivity contribution < 1.29 is 4.79 Å². The molecule has 1 aromatic carbocycles. The van der Waals surface area contributed by atoms with Gasteiger partial charge in [0.05, 0.1) is 6.54 Å². The van der Waals surface area contributed by atoms with Crippen LogP contribution in [0.4, 0.5) is 0 Å². The molecule has 0 spiro atoms. The van der Waals surface area contributed by atoms with Crippen LogP contribution >= 0.6 is 11.3 Å². The summed E-state index contributed by atoms with van der Waals surface area (Å²) in [7, 11) is 1.73. The third kappa shape index (κ3) is 7.06. The molecule has 0 aliphatic heterocycles. The van der Waals surface area contributed by atoms with Gasteiger partial charge < -0.3 is 15.5 Å². The van der Waals surface area contributed by atoms with Gasteiger partial charge in [-0.05, 0) is 38.5 Å². The first kappa shape index (κ1) is 21.0. The normalized spacial score (nSPS) is 12.5. The highest BCUT2D eigenvalue weighted by Crippen LogP contribution is 2.16. The molecule has 0 aliphatic carbocycles. The summed E-state index contributed by atoms with van der Waals surface area (Å²) in [5, 5.41) is 6.50. The van der Waals surface area contributed by atoms with Crippen LogP contribution in [0, 0.1) is 6.92 Å². The number of hydrogen-bond acceptors (Lipinski definition) is 3. The molecule has 0 radical (unpaired) electrons. The Kier molecular flexibility index (Phi) is 8.33. The van der Waals surface area contributed by atoms with Crippen LogP contribution < -0.4 is 10.6 Å². The number of thiophene rings is 1. The molecule has 0 bridgehead atoms. The van der Waals surface area contributed by atoms with Gasteiger partial charge in [-0.15, -0.1) is 11.3 Å². The van der Waals surface area contributed by atoms with Crippen molar-refractivity contribution in [3.05, 3.63) is 57.8 Å². The molecule has 1 heterocycles. The predicted octanol–water partition coefficient (Wildman–Crippen LogP) is 3.20. The largest absolute Gasteiger partial charge is 0.354 e. The molecule has 2 N–H and O–H groups in total. The zero-order valence-electron chi connectivity index (χ0n) is 16.7. The van der Waals surface area contributed by atoms with Crippen LogP contribution in [-0.2, 0) is 17.8 Å². The second kappa shape index (κ2) is 10.7. The fourth-order valence-electron chi connectivity index (χ4n) is 2.83. The van der Waals surface area contributed by atoms with Crippen molar-refractivity contribution >= 4 is 23.2 Å². The third-order valence-corrected chi connectivity index (χ3v) is 5.29. The molecular weight excluding hydrogens is 356 g/mol. The van der Waals surface area contributed by atoms with E-state index in [1.807, 2.05) is 53.5 Å². The minimum Gasteiger partial charge on any atom is -0.354 e. The van der Waals surface area contributed by atoms with E-state index < -0.39 is 0 Å². The van der Waals surface area contributed by atoms with Crippen LogP contribution in [0.5, 0.6) is 0 Å². The smallest absolute Gasteiger partial charge is 0.242 e. The SMILES string of the molecule is CCN(Cc1ccccc1)C(=O)CNC(=NC)NC(C)Cc1ccc(C)s1. The van der Waals surface area contributed by atoms with Crippen LogP contribution in [0.2, 0.25) is 0 Å². The van der Waals surface area contributed by atoms with Gasteiger partial charge in [-0.1, -0.05) is 30.3 Å². The van der Waals surface area contributed by atoms with Crippen molar-refractivity contribution in [1.29, 1.82) is 0 Å². The van der Waals surface area contributed by atoms with Crippen molar-refractivity contribution in [2.45, 2.75) is 39.8 Å². The summed E-state index contributed by atoms with van der Waals surface area (Å²) in [6, 6.07) is 14.6. The van der Waals surface area contributed by atoms with Crippen molar-refractivity contribution in [3.63, 3.8) is 0 Å². The van der Waals surface area contributed by atoms with Crippen molar-refractivity contribution in [1.82, 2.24) is 15.5 Å². The number of hydrogen-bond donors (Lipinski definition) is 2. The Morgan fingerprint density at radius 1 is 1.22 bits per heavy atom. The van der Waals surface area contributed by atoms with E-state index in [0.717, 1.165) is 12.0 Å². The van der Waals surface area contributed by atoms with Gasteiger partial charge in [-0.25, -0.2) is 0 Å². The number of amides is 1. The number of nitrogens with one attached hydrogen (secondary N) is 2. The number of aliphatic imine (C=N–C) groups is 1. The lowest BCUT2D eigenvalue weighted by molar-refractivity contribution is -0.130. The standard InChI is InChI=1S/C21H30N4OS/c1-5-25(15-18-9-7-6-8-10-18)20(26)14-23-21(22-4)24-16(2)13-19-12-11-17(3)27-19/h6-12,16H,5,13-15H2,1-4H3,(H2,22,23,24). The summed E-state index contributed by atoms with van der Waals surface area (Å²) in [6.45, 7) is 7.77. The molecule has 0 saturated heterocycles. The predicted molar refractivity (Wildman–Crippen MR) is 114 cm³/mol. The number of nitrogens with zero attached hydrogens (tertiary/aromatic N) is 2. The van der Waals surface area contributed by atoms with Crippen LogP contribution in [-0.4, -0.2) is 42.9 Å². The number of guanidine groups is 1. The monoisotopic (exact) mass is 386 g/mol. The minimum absolute atomic E-state index is 0.0610. The molecule has 2 aromatic rings. The van der Waals surface area contributed by atoms with E-state index in [1.165, 1.54) is 9.75 Å². The molecule has 27 heavy (non-hydrogen) atoms. The summed E-state index contributed by atoms with van der Waals surface area (Å²) in [6.07, 6.45) is 0.933. The molecule has 146 valence electrons. The molecule has 6 heteroatoms. The summed E-state index contributed by atoms with van der Waals surface area (Å²) in [5.41, 5.74) is 1.13. The first-order chi connectivity index (χ1) is 13.0. The fraction of sp³-hybridized carbons (Fsp3) is 0.429. The summed E-state index contributed by atoms with van der Waals surface area (Å²) in [4.78, 5) is 21.3. The van der Waals surface area contributed by atoms with E-state index in [9.17, 15) is 4.79 Å². The highest BCUT2D eigenvalue weighted by Gasteiger charge is 2.14. The number of benzene rings is 1. The van der Waals surface area contributed by atoms with E-state index in [0.29, 0.717) is 19.0 Å². The van der Waals surface area contributed by atoms with Gasteiger partial charge in [-0.3, -0.25) is 9.79 Å². The minimum atomic E-state index is 0.0610. The highest BCUT2D eigenvalue weighted by molar-refractivity contribution is 7.11. The van der Waals surface area contributed by atoms with E-state index in [1.54, 1.807) is 7.05 Å². The van der Waals surface area contributed by atoms with Crippen LogP contribution in [0.25, 0.3) is 0 Å². The van der Waals surface area contributed by atoms with E-state index >= 15 is 0 Å². The molecule has 1 amide bonds. The average Bonchev–Trinajstić information content (AvgIpc) is 3.08. The molecule has 0 fully saturated rings. The van der Waals surface area contributed by atoms with Gasteiger partial charge >= 0.3 is 0 Å². The number of aryl methyl sites for hydroxylation is 1. The second-order valence-electron chi connectivity index (χ2n) is 6.58. The average molecular weight is 387 g/mol. The van der Waals surface area contributed by atoms with Crippen molar-refractivity contribution in [2.75, 3.05) is 20.1 Å². The van der Waals surface area contributed by atoms with Gasteiger partial charge in [0.2, 0.25) is 5.91 Å². The molecular formula is C21H30N4OS. The third-order valence-electron chi connectivity index (χ3n) is 4.27. The quantitative estimate of drug-likeness (QED) is 0.541. The Balaban J connectivity index is 1.82. The first-order valence-corrected chi connectivity index (χ1v) is 10.2. The topological polar surface area (TPSA) is 56.7 Å². The lowest BCUT2D eigenvalue weighted by Gasteiger charge is -2.23. The Hall–Kier alpha value is -2.34. The van der Waals surface area contributed by atoms with Gasteiger partial charge in [0.1, 0.15) is 0 Å². The maximum atomic E-state index is 12.6. The Bertz CT molecular complexity index is 742. The first-order valence-electron chi connectivity index (χ1n) is 9.36. The summed E-state index contributed by atoms with van der Waals surface area (Å²) >= 11 is 1.82. The number of carbonyl (C=O) groups excluding carboxylic acids is 1. The number of likely N-dealkylation sites (N-methyl/N-ethyl adjacent to an activating group) is 1. The lowest BCUT2D eigenvalue weighted by atomic mass is 10.2. The van der Waals surface area contributed by atoms with Crippen LogP contribution in [0.3, 0.4) is 0 Å². The van der Waals surface area contributed by atoms with Gasteiger partial charge in [0.25, 0.3) is 0 Å². The van der Waals surface area contributed by atoms with Gasteiger partial charge in [0.15, 0.2) is 5.96 Å². The fourth-order valence-corrected chi connectivity index (χ4v) is 3.85. The lowest BCUT2D eigenvalue weighted by Crippen LogP contribution is -2.47. The van der Waals surface area contributed by atoms with E-state index in [4.69, 9.17) is 0 Å². The maximum absolute atomic E-state index is 12.6. The number of rotatable bonds is 8. The highest BCUT2D eigenvalue weighted by atomic mass is 32.1. The molecule has 1 unspecified atom stereocenters. The van der Waals surface area contributed by atoms with Gasteiger partial charge in [0, 0.05) is 42.4 Å². The maximum Gasteiger partial charge on any atom is 0.242 e. The van der Waals surface area contributed by atoms with Crippen molar-refractivity contribution in [2.24, 2.45) is 4.99 Å². The Morgan fingerprint density at radius 2 is 1.96 bits per heavy atom. The molecule has 0 aliphatic rings. The zero-order valence-corrected chi connectivity index (χ0v) is 17.5. The Labute approximate surface area is 166 Å². The van der Waals surface area contributed by atoms with Crippen LogP contribution in [0.15, 0.2) is 47.5 Å². The van der Waals surface area contributed by atoms with Crippen LogP contribution in [0.1, 0.15) is 29.2 Å². The molecule has 1 atom stereocenters. The molecule has 0 saturated carbocycles. The second-order valence-corrected chi connectivity index (χ2v) is 7.95. The summed E-state index contributed by atoms with van der Waals surface area (Å²) in [5.74, 6) is 0.714. The Morgan fingerprint density at radius 3 is 2.56 bits per heavy atom. The van der Waals surface area contributed by atoms with E-state index in [2.05, 4.69) is 41.6 Å². The van der Waals surface area contributed by atoms with E-state index in [-0.39, 0.29) is 18.5 Å². The molecule has 1 aromatic heterocycles. The van der Waals surface area contributed by atoms with Crippen molar-refractivity contribution in [3.8, 4) is 0 Å². The number of carbonyl (C=O) groups is 1.